The molecule has 47 heavy (non-hydrogen) atoms. The predicted molar refractivity (Wildman–Crippen MR) is 209 cm³/mol. The molecular formula is C37H42Cl4N6. The molecule has 0 aliphatic heterocycles. The van der Waals surface area contributed by atoms with E-state index < -0.39 is 0 Å². The van der Waals surface area contributed by atoms with Crippen molar-refractivity contribution in [2.45, 2.75) is 13.8 Å². The first-order valence-corrected chi connectivity index (χ1v) is 17.8. The van der Waals surface area contributed by atoms with Gasteiger partial charge in [0, 0.05) is 84.9 Å². The summed E-state index contributed by atoms with van der Waals surface area (Å²) in [7, 11) is 0. The molecule has 0 bridgehead atoms. The van der Waals surface area contributed by atoms with Crippen molar-refractivity contribution in [3.8, 4) is 0 Å². The van der Waals surface area contributed by atoms with Gasteiger partial charge in [-0.1, -0.05) is 24.3 Å². The van der Waals surface area contributed by atoms with Gasteiger partial charge in [-0.05, 0) is 96.8 Å². The molecule has 0 saturated heterocycles. The first kappa shape index (κ1) is 36.4. The van der Waals surface area contributed by atoms with Gasteiger partial charge in [0.1, 0.15) is 0 Å². The Labute approximate surface area is 299 Å². The number of hydrogen-bond donors (Lipinski definition) is 2. The van der Waals surface area contributed by atoms with Crippen LogP contribution >= 0.6 is 46.4 Å². The number of anilines is 4. The van der Waals surface area contributed by atoms with Crippen molar-refractivity contribution in [1.82, 2.24) is 0 Å². The van der Waals surface area contributed by atoms with Gasteiger partial charge < -0.3 is 20.4 Å². The van der Waals surface area contributed by atoms with E-state index >= 15 is 0 Å². The van der Waals surface area contributed by atoms with Crippen molar-refractivity contribution in [3.63, 3.8) is 0 Å². The highest BCUT2D eigenvalue weighted by atomic mass is 35.5. The summed E-state index contributed by atoms with van der Waals surface area (Å²) in [5.41, 5.74) is 10.3. The standard InChI is InChI=1S/C37H42Cl4N6/c1-28-21-36(46(17-13-38)18-14-39)11-9-30(28)25-42-32-5-3-7-34(23-32)44-27-45-35-8-4-6-33(24-35)43-26-31-10-12-37(22-29(31)2)47(19-15-40)20-16-41/h3-12,21-26,44-45H,13-20,27H2,1-2H3. The molecule has 0 radical (unpaired) electrons. The zero-order valence-corrected chi connectivity index (χ0v) is 29.9. The molecule has 10 heteroatoms. The van der Waals surface area contributed by atoms with Crippen molar-refractivity contribution in [3.05, 3.63) is 107 Å². The number of benzene rings is 4. The lowest BCUT2D eigenvalue weighted by Gasteiger charge is -2.23. The first-order chi connectivity index (χ1) is 22.9. The molecule has 4 rings (SSSR count). The molecule has 2 N–H and O–H groups in total. The molecule has 0 amide bonds. The third kappa shape index (κ3) is 11.4. The Morgan fingerprint density at radius 3 is 1.32 bits per heavy atom. The van der Waals surface area contributed by atoms with Gasteiger partial charge in [-0.25, -0.2) is 0 Å². The number of hydrogen-bond acceptors (Lipinski definition) is 6. The lowest BCUT2D eigenvalue weighted by Crippen LogP contribution is -2.27. The van der Waals surface area contributed by atoms with Gasteiger partial charge in [-0.2, -0.15) is 0 Å². The van der Waals surface area contributed by atoms with E-state index in [0.29, 0.717) is 30.2 Å². The van der Waals surface area contributed by atoms with Crippen LogP contribution in [0.5, 0.6) is 0 Å². The van der Waals surface area contributed by atoms with E-state index in [-0.39, 0.29) is 0 Å². The van der Waals surface area contributed by atoms with Crippen LogP contribution in [0.1, 0.15) is 22.3 Å². The Hall–Kier alpha value is -3.42. The Kier molecular flexibility index (Phi) is 15.0. The summed E-state index contributed by atoms with van der Waals surface area (Å²) in [6.45, 7) is 7.77. The van der Waals surface area contributed by atoms with E-state index in [2.05, 4.69) is 70.7 Å². The molecule has 0 saturated carbocycles. The SMILES string of the molecule is Cc1cc(N(CCCl)CCCl)ccc1C=Nc1cccc(NCNc2cccc(N=Cc3ccc(N(CCCl)CCCl)cc3C)c2)c1. The second-order valence-electron chi connectivity index (χ2n) is 11.0. The number of rotatable bonds is 18. The summed E-state index contributed by atoms with van der Waals surface area (Å²) in [4.78, 5) is 13.9. The molecule has 4 aromatic carbocycles. The van der Waals surface area contributed by atoms with Crippen LogP contribution in [-0.4, -0.2) is 68.8 Å². The average molecular weight is 713 g/mol. The molecule has 248 valence electrons. The summed E-state index contributed by atoms with van der Waals surface area (Å²) in [6.07, 6.45) is 3.81. The Bertz CT molecular complexity index is 1500. The maximum Gasteiger partial charge on any atom is 0.0849 e. The largest absolute Gasteiger partial charge is 0.369 e. The van der Waals surface area contributed by atoms with Crippen molar-refractivity contribution >= 4 is 93.0 Å². The number of halogens is 4. The minimum absolute atomic E-state index is 0.545. The summed E-state index contributed by atoms with van der Waals surface area (Å²) >= 11 is 23.9. The smallest absolute Gasteiger partial charge is 0.0849 e. The van der Waals surface area contributed by atoms with Crippen LogP contribution in [0.3, 0.4) is 0 Å². The van der Waals surface area contributed by atoms with Crippen LogP contribution < -0.4 is 20.4 Å². The van der Waals surface area contributed by atoms with Crippen LogP contribution in [0.15, 0.2) is 94.9 Å². The second kappa shape index (κ2) is 19.4. The van der Waals surface area contributed by atoms with E-state index in [1.54, 1.807) is 0 Å². The number of aryl methyl sites for hydroxylation is 2. The molecule has 0 aromatic heterocycles. The minimum Gasteiger partial charge on any atom is -0.369 e. The van der Waals surface area contributed by atoms with E-state index in [4.69, 9.17) is 56.4 Å². The zero-order chi connectivity index (χ0) is 33.4. The third-order valence-electron chi connectivity index (χ3n) is 7.64. The fourth-order valence-electron chi connectivity index (χ4n) is 5.08. The highest BCUT2D eigenvalue weighted by molar-refractivity contribution is 6.19. The van der Waals surface area contributed by atoms with Gasteiger partial charge in [0.25, 0.3) is 0 Å². The van der Waals surface area contributed by atoms with Crippen molar-refractivity contribution < 1.29 is 0 Å². The molecule has 0 unspecified atom stereocenters. The number of alkyl halides is 4. The fraction of sp³-hybridized carbons (Fsp3) is 0.297. The van der Waals surface area contributed by atoms with Crippen molar-refractivity contribution in [2.24, 2.45) is 9.98 Å². The topological polar surface area (TPSA) is 55.3 Å². The van der Waals surface area contributed by atoms with Crippen LogP contribution in [0.25, 0.3) is 0 Å². The monoisotopic (exact) mass is 710 g/mol. The van der Waals surface area contributed by atoms with Crippen LogP contribution in [-0.2, 0) is 0 Å². The van der Waals surface area contributed by atoms with Gasteiger partial charge >= 0.3 is 0 Å². The number of nitrogens with one attached hydrogen (secondary N) is 2. The summed E-state index contributed by atoms with van der Waals surface area (Å²) in [6, 6.07) is 28.8. The molecule has 0 fully saturated rings. The molecule has 6 nitrogen and oxygen atoms in total. The van der Waals surface area contributed by atoms with Crippen LogP contribution in [0.4, 0.5) is 34.1 Å². The Balaban J connectivity index is 1.33. The van der Waals surface area contributed by atoms with Crippen molar-refractivity contribution in [1.29, 1.82) is 0 Å². The molecular weight excluding hydrogens is 670 g/mol. The molecule has 0 heterocycles. The summed E-state index contributed by atoms with van der Waals surface area (Å²) < 4.78 is 0. The van der Waals surface area contributed by atoms with Gasteiger partial charge in [0.05, 0.1) is 18.0 Å². The minimum atomic E-state index is 0.545. The fourth-order valence-corrected chi connectivity index (χ4v) is 5.90. The Morgan fingerprint density at radius 1 is 0.553 bits per heavy atom. The average Bonchev–Trinajstić information content (AvgIpc) is 3.07. The number of aliphatic imine (C=N–C) groups is 2. The van der Waals surface area contributed by atoms with E-state index in [9.17, 15) is 0 Å². The second-order valence-corrected chi connectivity index (χ2v) is 12.5. The van der Waals surface area contributed by atoms with Gasteiger partial charge in [-0.15, -0.1) is 46.4 Å². The normalized spacial score (nSPS) is 11.4. The molecule has 0 atom stereocenters. The molecule has 0 aliphatic carbocycles. The molecule has 0 aliphatic rings. The zero-order valence-electron chi connectivity index (χ0n) is 26.9. The molecule has 4 aromatic rings. The van der Waals surface area contributed by atoms with E-state index in [0.717, 1.165) is 82.6 Å². The highest BCUT2D eigenvalue weighted by Gasteiger charge is 2.08. The first-order valence-electron chi connectivity index (χ1n) is 15.6. The van der Waals surface area contributed by atoms with Gasteiger partial charge in [0.2, 0.25) is 0 Å². The third-order valence-corrected chi connectivity index (χ3v) is 8.31. The lowest BCUT2D eigenvalue weighted by atomic mass is 10.1. The highest BCUT2D eigenvalue weighted by Crippen LogP contribution is 2.23. The predicted octanol–water partition coefficient (Wildman–Crippen LogP) is 9.85. The maximum atomic E-state index is 5.99. The maximum absolute atomic E-state index is 5.99. The van der Waals surface area contributed by atoms with E-state index in [1.165, 1.54) is 0 Å². The molecule has 0 spiro atoms. The quantitative estimate of drug-likeness (QED) is 0.0613. The number of nitrogens with zero attached hydrogens (tertiary/aromatic N) is 4. The Morgan fingerprint density at radius 2 is 0.957 bits per heavy atom. The van der Waals surface area contributed by atoms with Crippen molar-refractivity contribution in [2.75, 3.05) is 76.8 Å². The van der Waals surface area contributed by atoms with Crippen LogP contribution in [0.2, 0.25) is 0 Å². The van der Waals surface area contributed by atoms with Gasteiger partial charge in [0.15, 0.2) is 0 Å². The van der Waals surface area contributed by atoms with Crippen LogP contribution in [0, 0.1) is 13.8 Å². The lowest BCUT2D eigenvalue weighted by molar-refractivity contribution is 0.873. The summed E-state index contributed by atoms with van der Waals surface area (Å²) in [5, 5.41) is 6.87. The van der Waals surface area contributed by atoms with Gasteiger partial charge in [-0.3, -0.25) is 9.98 Å². The van der Waals surface area contributed by atoms with E-state index in [1.807, 2.05) is 61.0 Å². The summed E-state index contributed by atoms with van der Waals surface area (Å²) in [5.74, 6) is 2.23.